The molecule has 196 valence electrons. The molecule has 0 radical (unpaired) electrons. The van der Waals surface area contributed by atoms with Crippen molar-refractivity contribution in [1.29, 1.82) is 0 Å². The number of benzene rings is 2. The SMILES string of the molecule is CCCC1CCC(c2ccc(OC(=O)C3CCC(c4ccc(OCC)cc4F)CC3)c(F)c2F)CC1. The number of carbonyl (C=O) groups is 1. The Morgan fingerprint density at radius 2 is 1.47 bits per heavy atom. The summed E-state index contributed by atoms with van der Waals surface area (Å²) in [6.45, 7) is 4.49. The lowest BCUT2D eigenvalue weighted by Gasteiger charge is -2.29. The fourth-order valence-electron chi connectivity index (χ4n) is 6.04. The van der Waals surface area contributed by atoms with E-state index in [-0.39, 0.29) is 23.4 Å². The molecule has 0 bridgehead atoms. The van der Waals surface area contributed by atoms with Crippen LogP contribution >= 0.6 is 0 Å². The van der Waals surface area contributed by atoms with Gasteiger partial charge in [0.15, 0.2) is 11.6 Å². The summed E-state index contributed by atoms with van der Waals surface area (Å²) in [5.74, 6) is -2.39. The minimum absolute atomic E-state index is 0.00519. The predicted molar refractivity (Wildman–Crippen MR) is 134 cm³/mol. The molecule has 0 aromatic heterocycles. The molecule has 2 aliphatic rings. The van der Waals surface area contributed by atoms with Crippen LogP contribution in [0.3, 0.4) is 0 Å². The van der Waals surface area contributed by atoms with Crippen LogP contribution in [0.1, 0.15) is 101 Å². The first kappa shape index (κ1) is 26.6. The molecule has 6 heteroatoms. The Morgan fingerprint density at radius 1 is 0.833 bits per heavy atom. The van der Waals surface area contributed by atoms with E-state index in [1.54, 1.807) is 18.2 Å². The zero-order chi connectivity index (χ0) is 25.7. The van der Waals surface area contributed by atoms with Gasteiger partial charge in [-0.15, -0.1) is 0 Å². The van der Waals surface area contributed by atoms with Crippen LogP contribution in [0.15, 0.2) is 30.3 Å². The normalized spacial score (nSPS) is 24.4. The summed E-state index contributed by atoms with van der Waals surface area (Å²) in [5, 5.41) is 0. The van der Waals surface area contributed by atoms with Crippen LogP contribution in [0.4, 0.5) is 13.2 Å². The van der Waals surface area contributed by atoms with E-state index in [1.165, 1.54) is 18.6 Å². The predicted octanol–water partition coefficient (Wildman–Crippen LogP) is 8.46. The molecule has 0 spiro atoms. The lowest BCUT2D eigenvalue weighted by molar-refractivity contribution is -0.140. The lowest BCUT2D eigenvalue weighted by atomic mass is 9.77. The topological polar surface area (TPSA) is 35.5 Å². The van der Waals surface area contributed by atoms with Gasteiger partial charge in [-0.05, 0) is 99.3 Å². The van der Waals surface area contributed by atoms with Gasteiger partial charge in [0.25, 0.3) is 0 Å². The zero-order valence-corrected chi connectivity index (χ0v) is 21.3. The van der Waals surface area contributed by atoms with E-state index in [2.05, 4.69) is 6.92 Å². The molecule has 0 saturated heterocycles. The monoisotopic (exact) mass is 502 g/mol. The first-order chi connectivity index (χ1) is 17.4. The third kappa shape index (κ3) is 6.07. The van der Waals surface area contributed by atoms with Gasteiger partial charge in [0.2, 0.25) is 5.82 Å². The summed E-state index contributed by atoms with van der Waals surface area (Å²) in [6.07, 6.45) is 8.42. The highest BCUT2D eigenvalue weighted by Crippen LogP contribution is 2.41. The second-order valence-electron chi connectivity index (χ2n) is 10.4. The van der Waals surface area contributed by atoms with E-state index in [1.807, 2.05) is 6.92 Å². The van der Waals surface area contributed by atoms with Crippen molar-refractivity contribution < 1.29 is 27.4 Å². The number of esters is 1. The Labute approximate surface area is 212 Å². The molecule has 0 heterocycles. The van der Waals surface area contributed by atoms with Crippen molar-refractivity contribution in [2.75, 3.05) is 6.61 Å². The lowest BCUT2D eigenvalue weighted by Crippen LogP contribution is -2.26. The van der Waals surface area contributed by atoms with Crippen LogP contribution in [-0.4, -0.2) is 12.6 Å². The van der Waals surface area contributed by atoms with Crippen molar-refractivity contribution >= 4 is 5.97 Å². The number of hydrogen-bond acceptors (Lipinski definition) is 3. The second-order valence-corrected chi connectivity index (χ2v) is 10.4. The molecule has 0 N–H and O–H groups in total. The Kier molecular flexibility index (Phi) is 8.97. The van der Waals surface area contributed by atoms with E-state index in [0.717, 1.165) is 32.1 Å². The fourth-order valence-corrected chi connectivity index (χ4v) is 6.04. The number of halogens is 3. The molecule has 0 amide bonds. The molecular weight excluding hydrogens is 465 g/mol. The van der Waals surface area contributed by atoms with E-state index >= 15 is 0 Å². The van der Waals surface area contributed by atoms with E-state index in [0.29, 0.717) is 55.1 Å². The van der Waals surface area contributed by atoms with E-state index in [9.17, 15) is 18.0 Å². The zero-order valence-electron chi connectivity index (χ0n) is 21.3. The van der Waals surface area contributed by atoms with Gasteiger partial charge in [-0.2, -0.15) is 4.39 Å². The molecule has 0 atom stereocenters. The quantitative estimate of drug-likeness (QED) is 0.268. The third-order valence-electron chi connectivity index (χ3n) is 8.05. The average molecular weight is 503 g/mol. The van der Waals surface area contributed by atoms with Crippen molar-refractivity contribution in [1.82, 2.24) is 0 Å². The maximum absolute atomic E-state index is 14.9. The standard InChI is InChI=1S/C30H37F3O3/c1-3-5-19-6-8-21(9-7-19)25-16-17-27(29(33)28(25)32)36-30(34)22-12-10-20(11-13-22)24-15-14-23(35-4-2)18-26(24)31/h14-22H,3-13H2,1-2H3. The summed E-state index contributed by atoms with van der Waals surface area (Å²) in [7, 11) is 0. The first-order valence-electron chi connectivity index (χ1n) is 13.5. The number of carbonyl (C=O) groups excluding carboxylic acids is 1. The van der Waals surface area contributed by atoms with Crippen molar-refractivity contribution in [3.63, 3.8) is 0 Å². The van der Waals surface area contributed by atoms with E-state index in [4.69, 9.17) is 9.47 Å². The maximum atomic E-state index is 14.9. The Balaban J connectivity index is 1.33. The van der Waals surface area contributed by atoms with Crippen LogP contribution in [0, 0.1) is 29.3 Å². The maximum Gasteiger partial charge on any atom is 0.314 e. The molecule has 0 aliphatic heterocycles. The highest BCUT2D eigenvalue weighted by atomic mass is 19.2. The fraction of sp³-hybridized carbons (Fsp3) is 0.567. The van der Waals surface area contributed by atoms with Crippen molar-refractivity contribution in [2.24, 2.45) is 11.8 Å². The van der Waals surface area contributed by atoms with Gasteiger partial charge in [-0.25, -0.2) is 8.78 Å². The van der Waals surface area contributed by atoms with E-state index < -0.39 is 23.5 Å². The summed E-state index contributed by atoms with van der Waals surface area (Å²) >= 11 is 0. The van der Waals surface area contributed by atoms with Crippen molar-refractivity contribution in [3.8, 4) is 11.5 Å². The molecule has 2 aromatic carbocycles. The van der Waals surface area contributed by atoms with Gasteiger partial charge in [-0.3, -0.25) is 4.79 Å². The van der Waals surface area contributed by atoms with Gasteiger partial charge in [0.1, 0.15) is 11.6 Å². The minimum Gasteiger partial charge on any atom is -0.494 e. The summed E-state index contributed by atoms with van der Waals surface area (Å²) in [6, 6.07) is 7.89. The average Bonchev–Trinajstić information content (AvgIpc) is 2.88. The summed E-state index contributed by atoms with van der Waals surface area (Å²) < 4.78 is 55.0. The number of rotatable bonds is 8. The van der Waals surface area contributed by atoms with Crippen LogP contribution in [-0.2, 0) is 4.79 Å². The molecule has 2 saturated carbocycles. The van der Waals surface area contributed by atoms with Crippen molar-refractivity contribution in [2.45, 2.75) is 89.9 Å². The second kappa shape index (κ2) is 12.2. The van der Waals surface area contributed by atoms with Gasteiger partial charge < -0.3 is 9.47 Å². The van der Waals surface area contributed by atoms with Crippen LogP contribution in [0.2, 0.25) is 0 Å². The highest BCUT2D eigenvalue weighted by molar-refractivity contribution is 5.75. The molecule has 2 fully saturated rings. The van der Waals surface area contributed by atoms with Gasteiger partial charge in [0, 0.05) is 6.07 Å². The summed E-state index contributed by atoms with van der Waals surface area (Å²) in [5.41, 5.74) is 1.01. The molecule has 3 nitrogen and oxygen atoms in total. The molecule has 36 heavy (non-hydrogen) atoms. The molecular formula is C30H37F3O3. The van der Waals surface area contributed by atoms with Crippen molar-refractivity contribution in [3.05, 3.63) is 58.9 Å². The summed E-state index contributed by atoms with van der Waals surface area (Å²) in [4.78, 5) is 12.7. The number of ether oxygens (including phenoxy) is 2. The van der Waals surface area contributed by atoms with Crippen LogP contribution in [0.5, 0.6) is 11.5 Å². The van der Waals surface area contributed by atoms with Crippen LogP contribution in [0.25, 0.3) is 0 Å². The smallest absolute Gasteiger partial charge is 0.314 e. The highest BCUT2D eigenvalue weighted by Gasteiger charge is 2.31. The van der Waals surface area contributed by atoms with Gasteiger partial charge in [0.05, 0.1) is 12.5 Å². The minimum atomic E-state index is -1.08. The Morgan fingerprint density at radius 3 is 2.11 bits per heavy atom. The van der Waals surface area contributed by atoms with Crippen LogP contribution < -0.4 is 9.47 Å². The molecule has 2 aliphatic carbocycles. The Bertz CT molecular complexity index is 1040. The molecule has 2 aromatic rings. The Hall–Kier alpha value is -2.50. The van der Waals surface area contributed by atoms with Gasteiger partial charge >= 0.3 is 5.97 Å². The largest absolute Gasteiger partial charge is 0.494 e. The molecule has 4 rings (SSSR count). The number of hydrogen-bond donors (Lipinski definition) is 0. The third-order valence-corrected chi connectivity index (χ3v) is 8.05. The molecule has 0 unspecified atom stereocenters. The van der Waals surface area contributed by atoms with Gasteiger partial charge in [-0.1, -0.05) is 31.9 Å². The first-order valence-corrected chi connectivity index (χ1v) is 13.5.